The van der Waals surface area contributed by atoms with Gasteiger partial charge in [0.15, 0.2) is 0 Å². The average molecular weight is 529 g/mol. The summed E-state index contributed by atoms with van der Waals surface area (Å²) in [6, 6.07) is 3.30. The summed E-state index contributed by atoms with van der Waals surface area (Å²) >= 11 is 0. The number of carbonyl (C=O) groups is 2. The standard InChI is InChI=1S/C28H34F2N4O4/c1-17(2)7-6-8-20-11-22-26(31-13-20)38-25(18(3)14-34(27(22)36)19(4)16-35)15-33(5)28(37)32-24-12-21(29)9-10-23(24)30/h9-13,17-19,25,35H,7,14-16H2,1-5H3,(H,32,37)/t18-,19-,25-/m1/s1. The zero-order valence-electron chi connectivity index (χ0n) is 22.3. The van der Waals surface area contributed by atoms with Crippen LogP contribution in [0.2, 0.25) is 0 Å². The molecule has 8 nitrogen and oxygen atoms in total. The lowest BCUT2D eigenvalue weighted by Gasteiger charge is -2.37. The molecule has 2 aromatic rings. The first-order valence-corrected chi connectivity index (χ1v) is 12.5. The highest BCUT2D eigenvalue weighted by atomic mass is 19.1. The van der Waals surface area contributed by atoms with E-state index in [1.54, 1.807) is 17.9 Å². The van der Waals surface area contributed by atoms with E-state index in [4.69, 9.17) is 4.74 Å². The van der Waals surface area contributed by atoms with E-state index in [0.717, 1.165) is 18.2 Å². The molecule has 2 heterocycles. The van der Waals surface area contributed by atoms with Crippen molar-refractivity contribution in [3.8, 4) is 17.7 Å². The van der Waals surface area contributed by atoms with Crippen LogP contribution in [0.3, 0.4) is 0 Å². The van der Waals surface area contributed by atoms with Crippen LogP contribution < -0.4 is 10.1 Å². The first-order chi connectivity index (χ1) is 18.0. The zero-order chi connectivity index (χ0) is 28.0. The Balaban J connectivity index is 1.88. The summed E-state index contributed by atoms with van der Waals surface area (Å²) in [7, 11) is 1.50. The first kappa shape index (κ1) is 28.9. The number of aromatic nitrogens is 1. The van der Waals surface area contributed by atoms with Crippen molar-refractivity contribution in [1.29, 1.82) is 0 Å². The van der Waals surface area contributed by atoms with Crippen molar-refractivity contribution in [2.75, 3.05) is 32.1 Å². The molecular weight excluding hydrogens is 494 g/mol. The predicted molar refractivity (Wildman–Crippen MR) is 140 cm³/mol. The van der Waals surface area contributed by atoms with Crippen molar-refractivity contribution in [1.82, 2.24) is 14.8 Å². The number of ether oxygens (including phenoxy) is 1. The fraction of sp³-hybridized carbons (Fsp3) is 0.464. The molecule has 2 N–H and O–H groups in total. The van der Waals surface area contributed by atoms with Crippen LogP contribution in [0.15, 0.2) is 30.5 Å². The number of nitrogens with one attached hydrogen (secondary N) is 1. The van der Waals surface area contributed by atoms with Crippen molar-refractivity contribution in [3.63, 3.8) is 0 Å². The number of amides is 3. The van der Waals surface area contributed by atoms with Gasteiger partial charge in [0, 0.05) is 43.8 Å². The number of hydrogen-bond donors (Lipinski definition) is 2. The van der Waals surface area contributed by atoms with Gasteiger partial charge in [-0.05, 0) is 31.0 Å². The molecule has 0 saturated heterocycles. The normalized spacial score (nSPS) is 17.9. The van der Waals surface area contributed by atoms with E-state index in [-0.39, 0.29) is 48.7 Å². The number of halogens is 2. The summed E-state index contributed by atoms with van der Waals surface area (Å²) in [4.78, 5) is 33.5. The molecule has 0 spiro atoms. The molecular formula is C28H34F2N4O4. The summed E-state index contributed by atoms with van der Waals surface area (Å²) in [5.74, 6) is 4.57. The van der Waals surface area contributed by atoms with Gasteiger partial charge in [0.1, 0.15) is 23.3 Å². The van der Waals surface area contributed by atoms with Crippen LogP contribution in [0.25, 0.3) is 0 Å². The maximum atomic E-state index is 14.0. The second-order valence-corrected chi connectivity index (χ2v) is 10.0. The molecule has 1 aliphatic heterocycles. The molecule has 38 heavy (non-hydrogen) atoms. The highest BCUT2D eigenvalue weighted by Gasteiger charge is 2.34. The molecule has 0 aliphatic carbocycles. The highest BCUT2D eigenvalue weighted by molar-refractivity contribution is 5.97. The smallest absolute Gasteiger partial charge is 0.321 e. The first-order valence-electron chi connectivity index (χ1n) is 12.5. The Kier molecular flexibility index (Phi) is 9.64. The van der Waals surface area contributed by atoms with E-state index < -0.39 is 29.8 Å². The Hall–Kier alpha value is -3.71. The van der Waals surface area contributed by atoms with Crippen molar-refractivity contribution in [3.05, 3.63) is 53.2 Å². The highest BCUT2D eigenvalue weighted by Crippen LogP contribution is 2.27. The van der Waals surface area contributed by atoms with Crippen LogP contribution in [0.1, 0.15) is 50.0 Å². The van der Waals surface area contributed by atoms with Gasteiger partial charge in [-0.1, -0.05) is 32.6 Å². The monoisotopic (exact) mass is 528 g/mol. The number of fused-ring (bicyclic) bond motifs is 1. The lowest BCUT2D eigenvalue weighted by atomic mass is 10.00. The number of urea groups is 1. The van der Waals surface area contributed by atoms with Gasteiger partial charge in [-0.25, -0.2) is 18.6 Å². The van der Waals surface area contributed by atoms with E-state index in [0.29, 0.717) is 17.9 Å². The zero-order valence-corrected chi connectivity index (χ0v) is 22.3. The number of pyridine rings is 1. The molecule has 0 radical (unpaired) electrons. The minimum Gasteiger partial charge on any atom is -0.472 e. The predicted octanol–water partition coefficient (Wildman–Crippen LogP) is 4.14. The number of anilines is 1. The topological polar surface area (TPSA) is 95.0 Å². The van der Waals surface area contributed by atoms with Gasteiger partial charge in [-0.15, -0.1) is 0 Å². The molecule has 0 fully saturated rings. The van der Waals surface area contributed by atoms with Gasteiger partial charge in [0.2, 0.25) is 5.88 Å². The largest absolute Gasteiger partial charge is 0.472 e. The van der Waals surface area contributed by atoms with Crippen LogP contribution in [0.5, 0.6) is 5.88 Å². The van der Waals surface area contributed by atoms with Crippen LogP contribution in [-0.2, 0) is 0 Å². The third-order valence-electron chi connectivity index (χ3n) is 6.23. The number of aliphatic hydroxyl groups excluding tert-OH is 1. The Bertz CT molecular complexity index is 1230. The number of hydrogen-bond acceptors (Lipinski definition) is 5. The number of nitrogens with zero attached hydrogens (tertiary/aromatic N) is 3. The van der Waals surface area contributed by atoms with Crippen LogP contribution in [0.4, 0.5) is 19.3 Å². The minimum absolute atomic E-state index is 0.0660. The van der Waals surface area contributed by atoms with E-state index >= 15 is 0 Å². The van der Waals surface area contributed by atoms with E-state index in [9.17, 15) is 23.5 Å². The second kappa shape index (κ2) is 12.7. The van der Waals surface area contributed by atoms with E-state index in [2.05, 4.69) is 36.0 Å². The molecule has 1 aromatic carbocycles. The number of rotatable bonds is 6. The summed E-state index contributed by atoms with van der Waals surface area (Å²) in [5.41, 5.74) is 0.504. The lowest BCUT2D eigenvalue weighted by Crippen LogP contribution is -2.50. The maximum absolute atomic E-state index is 14.0. The molecule has 10 heteroatoms. The van der Waals surface area contributed by atoms with Crippen LogP contribution in [-0.4, -0.2) is 70.7 Å². The second-order valence-electron chi connectivity index (χ2n) is 10.0. The molecule has 0 bridgehead atoms. The summed E-state index contributed by atoms with van der Waals surface area (Å²) in [6.07, 6.45) is 1.63. The summed E-state index contributed by atoms with van der Waals surface area (Å²) in [5, 5.41) is 12.2. The SMILES string of the molecule is CC(C)CC#Cc1cnc2c(c1)C(=O)N([C@H](C)CO)C[C@@H](C)[C@@H](CN(C)C(=O)Nc1cc(F)ccc1F)O2. The molecule has 1 aliphatic rings. The fourth-order valence-corrected chi connectivity index (χ4v) is 3.90. The van der Waals surface area contributed by atoms with Gasteiger partial charge in [0.05, 0.1) is 24.9 Å². The van der Waals surface area contributed by atoms with Crippen molar-refractivity contribution in [2.24, 2.45) is 11.8 Å². The van der Waals surface area contributed by atoms with Gasteiger partial charge < -0.3 is 25.0 Å². The van der Waals surface area contributed by atoms with Crippen molar-refractivity contribution >= 4 is 17.6 Å². The average Bonchev–Trinajstić information content (AvgIpc) is 2.87. The van der Waals surface area contributed by atoms with Gasteiger partial charge in [-0.2, -0.15) is 0 Å². The minimum atomic E-state index is -0.763. The molecule has 1 aromatic heterocycles. The Labute approximate surface area is 222 Å². The summed E-state index contributed by atoms with van der Waals surface area (Å²) < 4.78 is 33.7. The van der Waals surface area contributed by atoms with Gasteiger partial charge in [-0.3, -0.25) is 4.79 Å². The number of benzene rings is 1. The van der Waals surface area contributed by atoms with Crippen molar-refractivity contribution < 1.29 is 28.2 Å². The Morgan fingerprint density at radius 2 is 2.05 bits per heavy atom. The molecule has 204 valence electrons. The number of aliphatic hydroxyl groups is 1. The van der Waals surface area contributed by atoms with E-state index in [1.165, 1.54) is 18.1 Å². The number of likely N-dealkylation sites (N-methyl/N-ethyl adjacent to an activating group) is 1. The lowest BCUT2D eigenvalue weighted by molar-refractivity contribution is 0.0356. The third kappa shape index (κ3) is 7.19. The fourth-order valence-electron chi connectivity index (χ4n) is 3.90. The number of carbonyl (C=O) groups excluding carboxylic acids is 2. The van der Waals surface area contributed by atoms with Crippen molar-refractivity contribution in [2.45, 2.75) is 46.3 Å². The molecule has 0 saturated carbocycles. The molecule has 0 unspecified atom stereocenters. The molecule has 3 amide bonds. The van der Waals surface area contributed by atoms with Gasteiger partial charge in [0.25, 0.3) is 5.91 Å². The summed E-state index contributed by atoms with van der Waals surface area (Å²) in [6.45, 7) is 7.82. The Morgan fingerprint density at radius 1 is 1.32 bits per heavy atom. The molecule has 3 rings (SSSR count). The van der Waals surface area contributed by atoms with E-state index in [1.807, 2.05) is 6.92 Å². The van der Waals surface area contributed by atoms with Gasteiger partial charge >= 0.3 is 6.03 Å². The maximum Gasteiger partial charge on any atom is 0.321 e. The molecule has 3 atom stereocenters. The third-order valence-corrected chi connectivity index (χ3v) is 6.23. The Morgan fingerprint density at radius 3 is 2.74 bits per heavy atom. The quantitative estimate of drug-likeness (QED) is 0.550. The van der Waals surface area contributed by atoms with Crippen LogP contribution in [0, 0.1) is 35.3 Å². The van der Waals surface area contributed by atoms with Crippen LogP contribution >= 0.6 is 0 Å².